The first-order valence-electron chi connectivity index (χ1n) is 5.73. The summed E-state index contributed by atoms with van der Waals surface area (Å²) in [5.41, 5.74) is 1.67. The Balaban J connectivity index is 2.03. The van der Waals surface area contributed by atoms with Crippen LogP contribution in [0.3, 0.4) is 0 Å². The van der Waals surface area contributed by atoms with E-state index in [9.17, 15) is 10.1 Å². The van der Waals surface area contributed by atoms with Gasteiger partial charge in [-0.05, 0) is 37.3 Å². The maximum absolute atomic E-state index is 10.8. The fourth-order valence-electron chi connectivity index (χ4n) is 2.07. The van der Waals surface area contributed by atoms with Gasteiger partial charge >= 0.3 is 0 Å². The van der Waals surface area contributed by atoms with E-state index in [1.54, 1.807) is 12.1 Å². The number of nitro benzene ring substituents is 1. The minimum atomic E-state index is -0.378. The quantitative estimate of drug-likeness (QED) is 0.620. The average molecular weight is 236 g/mol. The highest BCUT2D eigenvalue weighted by Gasteiger charge is 2.27. The number of aryl methyl sites for hydroxylation is 1. The molecule has 0 heterocycles. The van der Waals surface area contributed by atoms with Gasteiger partial charge in [0.15, 0.2) is 0 Å². The Labute approximate surface area is 99.6 Å². The topological polar surface area (TPSA) is 75.4 Å². The minimum absolute atomic E-state index is 0.107. The maximum atomic E-state index is 10.8. The number of aliphatic hydroxyl groups excluding tert-OH is 1. The van der Waals surface area contributed by atoms with Gasteiger partial charge in [0.25, 0.3) is 5.69 Å². The van der Waals surface area contributed by atoms with E-state index < -0.39 is 0 Å². The van der Waals surface area contributed by atoms with Crippen molar-refractivity contribution in [2.45, 2.75) is 25.9 Å². The number of benzene rings is 1. The fourth-order valence-corrected chi connectivity index (χ4v) is 2.07. The molecule has 0 atom stereocenters. The number of rotatable bonds is 4. The van der Waals surface area contributed by atoms with E-state index in [4.69, 9.17) is 5.11 Å². The second-order valence-corrected chi connectivity index (χ2v) is 4.65. The van der Waals surface area contributed by atoms with Crippen molar-refractivity contribution in [3.63, 3.8) is 0 Å². The Morgan fingerprint density at radius 3 is 2.82 bits per heavy atom. The molecule has 0 bridgehead atoms. The third-order valence-corrected chi connectivity index (χ3v) is 3.14. The van der Waals surface area contributed by atoms with Gasteiger partial charge in [-0.15, -0.1) is 0 Å². The Kier molecular flexibility index (Phi) is 3.28. The third-order valence-electron chi connectivity index (χ3n) is 3.14. The Bertz CT molecular complexity index is 428. The smallest absolute Gasteiger partial charge is 0.292 e. The predicted octanol–water partition coefficient (Wildman–Crippen LogP) is 2.09. The van der Waals surface area contributed by atoms with Gasteiger partial charge in [0.05, 0.1) is 11.0 Å². The molecule has 0 unspecified atom stereocenters. The molecule has 92 valence electrons. The lowest BCUT2D eigenvalue weighted by molar-refractivity contribution is -0.384. The summed E-state index contributed by atoms with van der Waals surface area (Å²) in [6, 6.07) is 5.04. The molecule has 1 aromatic carbocycles. The van der Waals surface area contributed by atoms with Crippen molar-refractivity contribution >= 4 is 11.4 Å². The van der Waals surface area contributed by atoms with Crippen LogP contribution in [0.4, 0.5) is 11.4 Å². The van der Waals surface area contributed by atoms with Gasteiger partial charge in [0.1, 0.15) is 5.69 Å². The first kappa shape index (κ1) is 11.9. The zero-order valence-corrected chi connectivity index (χ0v) is 9.72. The van der Waals surface area contributed by atoms with E-state index in [0.717, 1.165) is 18.4 Å². The largest absolute Gasteiger partial charge is 0.393 e. The summed E-state index contributed by atoms with van der Waals surface area (Å²) < 4.78 is 0. The second-order valence-electron chi connectivity index (χ2n) is 4.65. The highest BCUT2D eigenvalue weighted by molar-refractivity contribution is 5.62. The summed E-state index contributed by atoms with van der Waals surface area (Å²) in [4.78, 5) is 10.5. The van der Waals surface area contributed by atoms with Crippen LogP contribution in [0.2, 0.25) is 0 Å². The fraction of sp³-hybridized carbons (Fsp3) is 0.500. The van der Waals surface area contributed by atoms with Gasteiger partial charge in [0, 0.05) is 12.6 Å². The van der Waals surface area contributed by atoms with E-state index in [-0.39, 0.29) is 16.7 Å². The standard InChI is InChI=1S/C12H16N2O3/c1-8-2-3-12(14(16)17)11(4-8)13-7-9-5-10(15)6-9/h2-4,9-10,13,15H,5-7H2,1H3. The lowest BCUT2D eigenvalue weighted by Gasteiger charge is -2.31. The number of anilines is 1. The van der Waals surface area contributed by atoms with Crippen molar-refractivity contribution in [2.75, 3.05) is 11.9 Å². The number of hydrogen-bond donors (Lipinski definition) is 2. The number of nitrogens with one attached hydrogen (secondary N) is 1. The molecule has 0 aliphatic heterocycles. The summed E-state index contributed by atoms with van der Waals surface area (Å²) in [7, 11) is 0. The van der Waals surface area contributed by atoms with Crippen LogP contribution in [0.5, 0.6) is 0 Å². The molecule has 5 nitrogen and oxygen atoms in total. The van der Waals surface area contributed by atoms with Gasteiger partial charge in [-0.2, -0.15) is 0 Å². The minimum Gasteiger partial charge on any atom is -0.393 e. The predicted molar refractivity (Wildman–Crippen MR) is 65.1 cm³/mol. The van der Waals surface area contributed by atoms with Crippen molar-refractivity contribution < 1.29 is 10.0 Å². The molecule has 1 aliphatic rings. The van der Waals surface area contributed by atoms with Gasteiger partial charge in [0.2, 0.25) is 0 Å². The molecule has 0 amide bonds. The number of nitrogens with zero attached hydrogens (tertiary/aromatic N) is 1. The van der Waals surface area contributed by atoms with E-state index in [1.807, 2.05) is 6.92 Å². The van der Waals surface area contributed by atoms with Crippen molar-refractivity contribution in [3.05, 3.63) is 33.9 Å². The molecule has 2 N–H and O–H groups in total. The van der Waals surface area contributed by atoms with Crippen molar-refractivity contribution in [1.29, 1.82) is 0 Å². The SMILES string of the molecule is Cc1ccc([N+](=O)[O-])c(NCC2CC(O)C2)c1. The molecule has 5 heteroatoms. The average Bonchev–Trinajstić information content (AvgIpc) is 2.22. The normalized spacial score (nSPS) is 22.9. The monoisotopic (exact) mass is 236 g/mol. The Morgan fingerprint density at radius 1 is 1.53 bits per heavy atom. The molecule has 0 saturated heterocycles. The van der Waals surface area contributed by atoms with E-state index in [2.05, 4.69) is 5.32 Å². The van der Waals surface area contributed by atoms with Crippen molar-refractivity contribution in [1.82, 2.24) is 0 Å². The summed E-state index contributed by atoms with van der Waals surface area (Å²) in [6.45, 7) is 2.59. The van der Waals surface area contributed by atoms with Gasteiger partial charge < -0.3 is 10.4 Å². The summed E-state index contributed by atoms with van der Waals surface area (Å²) in [6.07, 6.45) is 1.38. The number of hydrogen-bond acceptors (Lipinski definition) is 4. The van der Waals surface area contributed by atoms with Crippen LogP contribution < -0.4 is 5.32 Å². The molecule has 1 aromatic rings. The first-order chi connectivity index (χ1) is 8.06. The van der Waals surface area contributed by atoms with Crippen LogP contribution in [-0.2, 0) is 0 Å². The highest BCUT2D eigenvalue weighted by Crippen LogP contribution is 2.30. The molecule has 0 spiro atoms. The van der Waals surface area contributed by atoms with Crippen molar-refractivity contribution in [2.24, 2.45) is 5.92 Å². The molecule has 1 fully saturated rings. The lowest BCUT2D eigenvalue weighted by Crippen LogP contribution is -2.33. The Morgan fingerprint density at radius 2 is 2.24 bits per heavy atom. The van der Waals surface area contributed by atoms with Gasteiger partial charge in [-0.3, -0.25) is 10.1 Å². The van der Waals surface area contributed by atoms with Crippen LogP contribution in [0.15, 0.2) is 18.2 Å². The van der Waals surface area contributed by atoms with E-state index >= 15 is 0 Å². The van der Waals surface area contributed by atoms with Gasteiger partial charge in [-0.25, -0.2) is 0 Å². The molecule has 0 aromatic heterocycles. The van der Waals surface area contributed by atoms with Crippen molar-refractivity contribution in [3.8, 4) is 0 Å². The van der Waals surface area contributed by atoms with Crippen LogP contribution in [0, 0.1) is 23.0 Å². The molecule has 1 aliphatic carbocycles. The van der Waals surface area contributed by atoms with Crippen LogP contribution in [0.25, 0.3) is 0 Å². The molecular formula is C12H16N2O3. The number of aliphatic hydroxyl groups is 1. The maximum Gasteiger partial charge on any atom is 0.292 e. The van der Waals surface area contributed by atoms with Crippen LogP contribution in [-0.4, -0.2) is 22.7 Å². The van der Waals surface area contributed by atoms with Gasteiger partial charge in [-0.1, -0.05) is 6.07 Å². The van der Waals surface area contributed by atoms with E-state index in [1.165, 1.54) is 6.07 Å². The first-order valence-corrected chi connectivity index (χ1v) is 5.73. The summed E-state index contributed by atoms with van der Waals surface area (Å²) in [5.74, 6) is 0.421. The molecule has 1 saturated carbocycles. The zero-order valence-electron chi connectivity index (χ0n) is 9.72. The molecule has 2 rings (SSSR count). The molecule has 17 heavy (non-hydrogen) atoms. The van der Waals surface area contributed by atoms with Crippen LogP contribution >= 0.6 is 0 Å². The third kappa shape index (κ3) is 2.74. The van der Waals surface area contributed by atoms with E-state index in [0.29, 0.717) is 18.2 Å². The molecular weight excluding hydrogens is 220 g/mol. The van der Waals surface area contributed by atoms with Crippen LogP contribution in [0.1, 0.15) is 18.4 Å². The summed E-state index contributed by atoms with van der Waals surface area (Å²) >= 11 is 0. The molecule has 0 radical (unpaired) electrons. The lowest BCUT2D eigenvalue weighted by atomic mass is 9.82. The zero-order chi connectivity index (χ0) is 12.4. The number of nitro groups is 1. The Hall–Kier alpha value is -1.62. The second kappa shape index (κ2) is 4.71. The summed E-state index contributed by atoms with van der Waals surface area (Å²) in [5, 5.41) is 23.1. The highest BCUT2D eigenvalue weighted by atomic mass is 16.6.